The first kappa shape index (κ1) is 28.6. The van der Waals surface area contributed by atoms with Gasteiger partial charge >= 0.3 is 0 Å². The third-order valence-corrected chi connectivity index (χ3v) is 5.44. The molecule has 6 N–H and O–H groups in total. The van der Waals surface area contributed by atoms with E-state index in [9.17, 15) is 0 Å². The van der Waals surface area contributed by atoms with E-state index in [4.69, 9.17) is 36.2 Å². The highest BCUT2D eigenvalue weighted by atomic mass is 35.5. The number of hydrogen-bond donors (Lipinski definition) is 4. The van der Waals surface area contributed by atoms with Crippen molar-refractivity contribution in [3.63, 3.8) is 0 Å². The van der Waals surface area contributed by atoms with Crippen molar-refractivity contribution in [1.82, 2.24) is 0 Å². The molecule has 0 aliphatic rings. The third kappa shape index (κ3) is 7.41. The molecule has 1 aromatic heterocycles. The van der Waals surface area contributed by atoms with Gasteiger partial charge in [0.25, 0.3) is 0 Å². The van der Waals surface area contributed by atoms with Crippen LogP contribution in [0.15, 0.2) is 77.2 Å². The zero-order valence-electron chi connectivity index (χ0n) is 19.7. The second kappa shape index (κ2) is 13.4. The zero-order chi connectivity index (χ0) is 23.9. The summed E-state index contributed by atoms with van der Waals surface area (Å²) in [5.74, 6) is 2.39. The van der Waals surface area contributed by atoms with Crippen molar-refractivity contribution in [3.8, 4) is 22.8 Å². The minimum atomic E-state index is 0. The van der Waals surface area contributed by atoms with Crippen LogP contribution in [0.4, 0.5) is 0 Å². The molecule has 0 amide bonds. The van der Waals surface area contributed by atoms with E-state index in [0.717, 1.165) is 47.5 Å². The quantitative estimate of drug-likeness (QED) is 0.105. The maximum Gasteiger partial charge on any atom is 0.135 e. The largest absolute Gasteiger partial charge is 0.494 e. The molecule has 0 unspecified atom stereocenters. The molecule has 4 aromatic rings. The van der Waals surface area contributed by atoms with Crippen molar-refractivity contribution in [3.05, 3.63) is 83.9 Å². The van der Waals surface area contributed by atoms with E-state index < -0.39 is 0 Å². The van der Waals surface area contributed by atoms with Gasteiger partial charge in [-0.05, 0) is 67.8 Å². The molecule has 0 aliphatic carbocycles. The summed E-state index contributed by atoms with van der Waals surface area (Å²) in [5, 5.41) is 16.0. The second-order valence-electron chi connectivity index (χ2n) is 8.00. The van der Waals surface area contributed by atoms with Crippen LogP contribution in [0.1, 0.15) is 30.4 Å². The van der Waals surface area contributed by atoms with Crippen molar-refractivity contribution >= 4 is 47.5 Å². The first-order chi connectivity index (χ1) is 16.5. The van der Waals surface area contributed by atoms with Crippen molar-refractivity contribution < 1.29 is 13.9 Å². The zero-order valence-corrected chi connectivity index (χ0v) is 21.3. The average Bonchev–Trinajstić information content (AvgIpc) is 3.27. The van der Waals surface area contributed by atoms with Gasteiger partial charge in [0.15, 0.2) is 0 Å². The van der Waals surface area contributed by atoms with Crippen molar-refractivity contribution in [2.75, 3.05) is 13.2 Å². The van der Waals surface area contributed by atoms with Crippen molar-refractivity contribution in [1.29, 1.82) is 10.8 Å². The lowest BCUT2D eigenvalue weighted by atomic mass is 10.1. The highest BCUT2D eigenvalue weighted by Gasteiger charge is 2.09. The summed E-state index contributed by atoms with van der Waals surface area (Å²) in [6.45, 7) is 1.26. The van der Waals surface area contributed by atoms with Crippen LogP contribution in [-0.4, -0.2) is 24.9 Å². The number of rotatable bonds is 11. The smallest absolute Gasteiger partial charge is 0.135 e. The fourth-order valence-corrected chi connectivity index (χ4v) is 3.57. The molecule has 0 aliphatic heterocycles. The van der Waals surface area contributed by atoms with Gasteiger partial charge < -0.3 is 25.4 Å². The monoisotopic (exact) mass is 528 g/mol. The Hall–Kier alpha value is -3.68. The van der Waals surface area contributed by atoms with Crippen LogP contribution in [0.5, 0.6) is 11.5 Å². The Morgan fingerprint density at radius 1 is 0.694 bits per heavy atom. The van der Waals surface area contributed by atoms with E-state index in [1.165, 1.54) is 0 Å². The number of fused-ring (bicyclic) bond motifs is 1. The maximum atomic E-state index is 7.59. The number of benzene rings is 3. The number of ether oxygens (including phenoxy) is 2. The lowest BCUT2D eigenvalue weighted by Gasteiger charge is -2.08. The van der Waals surface area contributed by atoms with E-state index in [1.54, 1.807) is 18.2 Å². The van der Waals surface area contributed by atoms with Gasteiger partial charge in [0.2, 0.25) is 0 Å². The van der Waals surface area contributed by atoms with Crippen LogP contribution >= 0.6 is 24.8 Å². The van der Waals surface area contributed by atoms with E-state index >= 15 is 0 Å². The number of nitrogen functional groups attached to an aromatic ring is 2. The number of unbranched alkanes of at least 4 members (excludes halogenated alkanes) is 2. The minimum Gasteiger partial charge on any atom is -0.494 e. The summed E-state index contributed by atoms with van der Waals surface area (Å²) < 4.78 is 17.7. The molecule has 0 bridgehead atoms. The van der Waals surface area contributed by atoms with E-state index in [-0.39, 0.29) is 36.5 Å². The Balaban J connectivity index is 0.00000228. The number of furan rings is 1. The van der Waals surface area contributed by atoms with E-state index in [0.29, 0.717) is 29.9 Å². The van der Waals surface area contributed by atoms with Gasteiger partial charge in [-0.25, -0.2) is 0 Å². The number of amidine groups is 2. The fourth-order valence-electron chi connectivity index (χ4n) is 3.57. The molecular weight excluding hydrogens is 499 g/mol. The van der Waals surface area contributed by atoms with Crippen molar-refractivity contribution in [2.45, 2.75) is 19.3 Å². The first-order valence-corrected chi connectivity index (χ1v) is 11.2. The van der Waals surface area contributed by atoms with Gasteiger partial charge in [-0.15, -0.1) is 24.8 Å². The molecule has 9 heteroatoms. The molecule has 190 valence electrons. The van der Waals surface area contributed by atoms with Crippen LogP contribution in [-0.2, 0) is 0 Å². The predicted molar refractivity (Wildman–Crippen MR) is 149 cm³/mol. The predicted octanol–water partition coefficient (Wildman–Crippen LogP) is 6.14. The second-order valence-corrected chi connectivity index (χ2v) is 8.00. The average molecular weight is 529 g/mol. The molecule has 7 nitrogen and oxygen atoms in total. The third-order valence-electron chi connectivity index (χ3n) is 5.44. The molecule has 0 saturated heterocycles. The normalized spacial score (nSPS) is 10.2. The van der Waals surface area contributed by atoms with E-state index in [1.807, 2.05) is 54.6 Å². The lowest BCUT2D eigenvalue weighted by Crippen LogP contribution is -2.10. The minimum absolute atomic E-state index is 0. The Morgan fingerprint density at radius 2 is 1.33 bits per heavy atom. The molecule has 0 fully saturated rings. The molecule has 0 spiro atoms. The van der Waals surface area contributed by atoms with Gasteiger partial charge in [0, 0.05) is 22.1 Å². The Kier molecular flexibility index (Phi) is 10.6. The fraction of sp³-hybridized carbons (Fsp3) is 0.185. The molecule has 0 atom stereocenters. The molecule has 4 rings (SSSR count). The summed E-state index contributed by atoms with van der Waals surface area (Å²) in [6, 6.07) is 22.6. The molecular formula is C27H30Cl2N4O3. The number of hydrogen-bond acceptors (Lipinski definition) is 5. The van der Waals surface area contributed by atoms with Gasteiger partial charge in [-0.1, -0.05) is 24.3 Å². The van der Waals surface area contributed by atoms with Crippen LogP contribution in [0.25, 0.3) is 22.3 Å². The topological polar surface area (TPSA) is 131 Å². The highest BCUT2D eigenvalue weighted by molar-refractivity contribution is 5.98. The molecule has 0 radical (unpaired) electrons. The maximum absolute atomic E-state index is 7.59. The van der Waals surface area contributed by atoms with Crippen molar-refractivity contribution in [2.24, 2.45) is 11.5 Å². The Morgan fingerprint density at radius 3 is 2.00 bits per heavy atom. The summed E-state index contributed by atoms with van der Waals surface area (Å²) >= 11 is 0. The van der Waals surface area contributed by atoms with Crippen LogP contribution in [0, 0.1) is 10.8 Å². The summed E-state index contributed by atoms with van der Waals surface area (Å²) in [4.78, 5) is 0. The number of nitrogens with two attached hydrogens (primary N) is 2. The van der Waals surface area contributed by atoms with Crippen LogP contribution in [0.3, 0.4) is 0 Å². The summed E-state index contributed by atoms with van der Waals surface area (Å²) in [7, 11) is 0. The first-order valence-electron chi connectivity index (χ1n) is 11.2. The molecule has 36 heavy (non-hydrogen) atoms. The number of nitrogens with one attached hydrogen (secondary N) is 2. The number of halogens is 2. The van der Waals surface area contributed by atoms with E-state index in [2.05, 4.69) is 0 Å². The standard InChI is InChI=1S/C27H28N4O3.2ClH/c28-26(29)18-9-11-22(12-10-18)32-13-2-1-3-14-33-23-6-4-5-19(15-23)24-16-20-7-8-21(27(30)31)17-25(20)34-24;;/h4-12,15-17H,1-3,13-14H2,(H3,28,29)(H3,30,31);2*1H. The van der Waals surface area contributed by atoms with Gasteiger partial charge in [0.1, 0.15) is 34.5 Å². The van der Waals surface area contributed by atoms with Gasteiger partial charge in [0.05, 0.1) is 13.2 Å². The van der Waals surface area contributed by atoms with Crippen LogP contribution in [0.2, 0.25) is 0 Å². The lowest BCUT2D eigenvalue weighted by molar-refractivity contribution is 0.279. The summed E-state index contributed by atoms with van der Waals surface area (Å²) in [5.41, 5.74) is 14.0. The molecule has 3 aromatic carbocycles. The van der Waals surface area contributed by atoms with Gasteiger partial charge in [-0.3, -0.25) is 10.8 Å². The summed E-state index contributed by atoms with van der Waals surface area (Å²) in [6.07, 6.45) is 2.85. The van der Waals surface area contributed by atoms with Gasteiger partial charge in [-0.2, -0.15) is 0 Å². The highest BCUT2D eigenvalue weighted by Crippen LogP contribution is 2.30. The Bertz CT molecular complexity index is 1310. The SMILES string of the molecule is Cl.Cl.N=C(N)c1ccc(OCCCCCOc2cccc(-c3cc4ccc(C(=N)N)cc4o3)c2)cc1. The molecule has 0 saturated carbocycles. The molecule has 1 heterocycles. The van der Waals surface area contributed by atoms with Crippen LogP contribution < -0.4 is 20.9 Å². The Labute approximate surface area is 222 Å².